The largest absolute Gasteiger partial charge is 0.375 e. The molecule has 17 heavy (non-hydrogen) atoms. The molecule has 92 valence electrons. The minimum atomic E-state index is 0.428. The Labute approximate surface area is 104 Å². The molecular weight excluding hydrogens is 210 g/mol. The molecule has 0 unspecified atom stereocenters. The second-order valence-corrected chi connectivity index (χ2v) is 4.15. The molecule has 0 radical (unpaired) electrons. The van der Waals surface area contributed by atoms with E-state index in [9.17, 15) is 0 Å². The fourth-order valence-corrected chi connectivity index (χ4v) is 1.61. The van der Waals surface area contributed by atoms with Crippen LogP contribution in [0.2, 0.25) is 0 Å². The van der Waals surface area contributed by atoms with E-state index in [-0.39, 0.29) is 0 Å². The molecule has 1 rings (SSSR count). The monoisotopic (exact) mass is 231 g/mol. The van der Waals surface area contributed by atoms with Gasteiger partial charge < -0.3 is 4.74 Å². The molecule has 0 amide bonds. The van der Waals surface area contributed by atoms with Crippen LogP contribution >= 0.6 is 0 Å². The Hall–Kier alpha value is -1.41. The van der Waals surface area contributed by atoms with Crippen molar-refractivity contribution in [3.8, 4) is 0 Å². The number of hydrogen-bond donors (Lipinski definition) is 0. The van der Waals surface area contributed by atoms with E-state index < -0.39 is 0 Å². The van der Waals surface area contributed by atoms with E-state index >= 15 is 0 Å². The molecule has 0 aliphatic rings. The molecule has 0 aliphatic heterocycles. The number of aliphatic imine (C=N–C) groups is 1. The van der Waals surface area contributed by atoms with Gasteiger partial charge in [0.2, 0.25) is 0 Å². The molecule has 1 aromatic carbocycles. The van der Waals surface area contributed by atoms with Gasteiger partial charge in [-0.15, -0.1) is 6.58 Å². The summed E-state index contributed by atoms with van der Waals surface area (Å²) in [5, 5.41) is 0. The maximum Gasteiger partial charge on any atom is 0.0666 e. The van der Waals surface area contributed by atoms with Crippen molar-refractivity contribution in [2.24, 2.45) is 10.9 Å². The summed E-state index contributed by atoms with van der Waals surface area (Å²) in [6, 6.07) is 10.3. The first-order valence-electron chi connectivity index (χ1n) is 6.04. The van der Waals surface area contributed by atoms with E-state index in [1.54, 1.807) is 6.08 Å². The number of benzene rings is 1. The van der Waals surface area contributed by atoms with Crippen LogP contribution in [0, 0.1) is 5.92 Å². The van der Waals surface area contributed by atoms with Gasteiger partial charge in [0.05, 0.1) is 19.8 Å². The van der Waals surface area contributed by atoms with Gasteiger partial charge in [0, 0.05) is 5.71 Å². The average Bonchev–Trinajstić information content (AvgIpc) is 2.34. The molecule has 2 nitrogen and oxygen atoms in total. The maximum atomic E-state index is 5.32. The SMILES string of the molecule is C=CCOCCN=C(c1ccccc1)C(C)C. The number of hydrogen-bond acceptors (Lipinski definition) is 2. The van der Waals surface area contributed by atoms with E-state index in [2.05, 4.69) is 37.6 Å². The van der Waals surface area contributed by atoms with Crippen molar-refractivity contribution in [3.63, 3.8) is 0 Å². The van der Waals surface area contributed by atoms with Crippen molar-refractivity contribution < 1.29 is 4.74 Å². The van der Waals surface area contributed by atoms with Crippen LogP contribution in [0.4, 0.5) is 0 Å². The molecule has 0 spiro atoms. The van der Waals surface area contributed by atoms with Crippen molar-refractivity contribution in [3.05, 3.63) is 48.6 Å². The zero-order valence-electron chi connectivity index (χ0n) is 10.7. The number of nitrogens with zero attached hydrogens (tertiary/aromatic N) is 1. The molecule has 0 N–H and O–H groups in total. The van der Waals surface area contributed by atoms with Gasteiger partial charge in [-0.3, -0.25) is 4.99 Å². The second-order valence-electron chi connectivity index (χ2n) is 4.15. The summed E-state index contributed by atoms with van der Waals surface area (Å²) in [5.41, 5.74) is 2.35. The highest BCUT2D eigenvalue weighted by atomic mass is 16.5. The van der Waals surface area contributed by atoms with Gasteiger partial charge in [0.25, 0.3) is 0 Å². The van der Waals surface area contributed by atoms with Crippen LogP contribution in [-0.2, 0) is 4.74 Å². The topological polar surface area (TPSA) is 21.6 Å². The average molecular weight is 231 g/mol. The highest BCUT2D eigenvalue weighted by Gasteiger charge is 2.06. The van der Waals surface area contributed by atoms with Crippen LogP contribution in [0.5, 0.6) is 0 Å². The van der Waals surface area contributed by atoms with E-state index in [1.165, 1.54) is 5.56 Å². The molecular formula is C15H21NO. The molecule has 0 saturated heterocycles. The van der Waals surface area contributed by atoms with Gasteiger partial charge in [-0.2, -0.15) is 0 Å². The van der Waals surface area contributed by atoms with Crippen LogP contribution in [0.25, 0.3) is 0 Å². The summed E-state index contributed by atoms with van der Waals surface area (Å²) < 4.78 is 5.32. The zero-order valence-corrected chi connectivity index (χ0v) is 10.7. The third kappa shape index (κ3) is 4.96. The molecule has 0 aromatic heterocycles. The van der Waals surface area contributed by atoms with Gasteiger partial charge in [-0.05, 0) is 11.5 Å². The second kappa shape index (κ2) is 7.80. The van der Waals surface area contributed by atoms with E-state index in [1.807, 2.05) is 18.2 Å². The summed E-state index contributed by atoms with van der Waals surface area (Å²) >= 11 is 0. The van der Waals surface area contributed by atoms with Crippen molar-refractivity contribution in [2.45, 2.75) is 13.8 Å². The van der Waals surface area contributed by atoms with E-state index in [4.69, 9.17) is 4.74 Å². The third-order valence-corrected chi connectivity index (χ3v) is 2.37. The smallest absolute Gasteiger partial charge is 0.0666 e. The lowest BCUT2D eigenvalue weighted by Crippen LogP contribution is -2.11. The summed E-state index contributed by atoms with van der Waals surface area (Å²) in [6.07, 6.45) is 1.75. The summed E-state index contributed by atoms with van der Waals surface area (Å²) in [5.74, 6) is 0.428. The van der Waals surface area contributed by atoms with Gasteiger partial charge in [0.1, 0.15) is 0 Å². The standard InChI is InChI=1S/C15H21NO/c1-4-11-17-12-10-16-15(13(2)3)14-8-6-5-7-9-14/h4-9,13H,1,10-12H2,2-3H3. The summed E-state index contributed by atoms with van der Waals surface area (Å²) in [6.45, 7) is 9.88. The van der Waals surface area contributed by atoms with Crippen molar-refractivity contribution >= 4 is 5.71 Å². The molecule has 0 saturated carbocycles. The third-order valence-electron chi connectivity index (χ3n) is 2.37. The van der Waals surface area contributed by atoms with E-state index in [0.717, 1.165) is 5.71 Å². The predicted octanol–water partition coefficient (Wildman–Crippen LogP) is 3.33. The molecule has 2 heteroatoms. The normalized spacial score (nSPS) is 11.8. The Morgan fingerprint density at radius 2 is 2.06 bits per heavy atom. The number of ether oxygens (including phenoxy) is 1. The van der Waals surface area contributed by atoms with Gasteiger partial charge >= 0.3 is 0 Å². The fraction of sp³-hybridized carbons (Fsp3) is 0.400. The lowest BCUT2D eigenvalue weighted by Gasteiger charge is -2.10. The van der Waals surface area contributed by atoms with Crippen LogP contribution in [-0.4, -0.2) is 25.5 Å². The summed E-state index contributed by atoms with van der Waals surface area (Å²) in [7, 11) is 0. The van der Waals surface area contributed by atoms with Crippen LogP contribution in [0.15, 0.2) is 48.0 Å². The molecule has 0 atom stereocenters. The van der Waals surface area contributed by atoms with Gasteiger partial charge in [-0.25, -0.2) is 0 Å². The Morgan fingerprint density at radius 3 is 2.65 bits per heavy atom. The minimum Gasteiger partial charge on any atom is -0.375 e. The quantitative estimate of drug-likeness (QED) is 0.401. The van der Waals surface area contributed by atoms with Crippen molar-refractivity contribution in [2.75, 3.05) is 19.8 Å². The molecule has 0 bridgehead atoms. The lowest BCUT2D eigenvalue weighted by atomic mass is 10.00. The van der Waals surface area contributed by atoms with Gasteiger partial charge in [-0.1, -0.05) is 50.3 Å². The highest BCUT2D eigenvalue weighted by molar-refractivity contribution is 6.01. The first kappa shape index (κ1) is 13.7. The molecule has 0 heterocycles. The van der Waals surface area contributed by atoms with E-state index in [0.29, 0.717) is 25.7 Å². The lowest BCUT2D eigenvalue weighted by molar-refractivity contribution is 0.171. The number of rotatable bonds is 7. The molecule has 1 aromatic rings. The van der Waals surface area contributed by atoms with Gasteiger partial charge in [0.15, 0.2) is 0 Å². The maximum absolute atomic E-state index is 5.32. The van der Waals surface area contributed by atoms with Crippen LogP contribution in [0.1, 0.15) is 19.4 Å². The molecule has 0 aliphatic carbocycles. The Bertz CT molecular complexity index is 354. The highest BCUT2D eigenvalue weighted by Crippen LogP contribution is 2.09. The Balaban J connectivity index is 2.60. The summed E-state index contributed by atoms with van der Waals surface area (Å²) in [4.78, 5) is 4.62. The first-order chi connectivity index (χ1) is 8.25. The predicted molar refractivity (Wildman–Crippen MR) is 73.7 cm³/mol. The van der Waals surface area contributed by atoms with Crippen molar-refractivity contribution in [1.82, 2.24) is 0 Å². The fourth-order valence-electron chi connectivity index (χ4n) is 1.61. The molecule has 0 fully saturated rings. The Kier molecular flexibility index (Phi) is 6.26. The minimum absolute atomic E-state index is 0.428. The first-order valence-corrected chi connectivity index (χ1v) is 6.04. The Morgan fingerprint density at radius 1 is 1.35 bits per heavy atom. The van der Waals surface area contributed by atoms with Crippen LogP contribution < -0.4 is 0 Å². The zero-order chi connectivity index (χ0) is 12.5. The van der Waals surface area contributed by atoms with Crippen LogP contribution in [0.3, 0.4) is 0 Å². The van der Waals surface area contributed by atoms with Crippen molar-refractivity contribution in [1.29, 1.82) is 0 Å².